The molecule has 0 bridgehead atoms. The summed E-state index contributed by atoms with van der Waals surface area (Å²) in [6.07, 6.45) is 3.92. The summed E-state index contributed by atoms with van der Waals surface area (Å²) in [7, 11) is 3.58. The van der Waals surface area contributed by atoms with E-state index < -0.39 is 0 Å². The van der Waals surface area contributed by atoms with E-state index >= 15 is 0 Å². The zero-order valence-electron chi connectivity index (χ0n) is 11.5. The molecule has 0 aromatic carbocycles. The fourth-order valence-corrected chi connectivity index (χ4v) is 3.22. The monoisotopic (exact) mass is 260 g/mol. The number of piperidine rings is 1. The van der Waals surface area contributed by atoms with Crippen LogP contribution in [0.5, 0.6) is 0 Å². The van der Waals surface area contributed by atoms with Crippen molar-refractivity contribution in [2.45, 2.75) is 18.3 Å². The summed E-state index contributed by atoms with van der Waals surface area (Å²) < 4.78 is 0. The first kappa shape index (κ1) is 12.4. The van der Waals surface area contributed by atoms with Crippen molar-refractivity contribution in [2.75, 3.05) is 38.6 Å². The molecule has 0 atom stereocenters. The number of nitrogens with zero attached hydrogens (tertiary/aromatic N) is 3. The fourth-order valence-electron chi connectivity index (χ4n) is 3.22. The molecule has 3 heterocycles. The molecule has 3 rings (SSSR count). The first-order valence-electron chi connectivity index (χ1n) is 6.79. The molecule has 1 saturated heterocycles. The third kappa shape index (κ3) is 1.89. The van der Waals surface area contributed by atoms with E-state index in [2.05, 4.69) is 16.4 Å². The number of carbonyl (C=O) groups excluding carboxylic acids is 1. The first-order chi connectivity index (χ1) is 9.14. The van der Waals surface area contributed by atoms with Crippen molar-refractivity contribution in [1.82, 2.24) is 15.2 Å². The van der Waals surface area contributed by atoms with Gasteiger partial charge in [-0.15, -0.1) is 0 Å². The smallest absolute Gasteiger partial charge is 0.325 e. The number of aromatic nitrogens is 1. The van der Waals surface area contributed by atoms with Gasteiger partial charge in [-0.1, -0.05) is 6.07 Å². The van der Waals surface area contributed by atoms with Gasteiger partial charge in [0.25, 0.3) is 0 Å². The Bertz CT molecular complexity index is 494. The van der Waals surface area contributed by atoms with E-state index in [1.54, 1.807) is 25.2 Å². The fraction of sp³-hybridized carbons (Fsp3) is 0.571. The Morgan fingerprint density at radius 1 is 1.42 bits per heavy atom. The third-order valence-corrected chi connectivity index (χ3v) is 4.25. The highest BCUT2D eigenvalue weighted by atomic mass is 16.2. The maximum absolute atomic E-state index is 12.3. The van der Waals surface area contributed by atoms with Gasteiger partial charge >= 0.3 is 6.03 Å². The van der Waals surface area contributed by atoms with Crippen molar-refractivity contribution < 1.29 is 4.79 Å². The third-order valence-electron chi connectivity index (χ3n) is 4.25. The highest BCUT2D eigenvalue weighted by Crippen LogP contribution is 2.44. The Labute approximate surface area is 113 Å². The van der Waals surface area contributed by atoms with Crippen LogP contribution < -0.4 is 10.2 Å². The largest absolute Gasteiger partial charge is 0.330 e. The van der Waals surface area contributed by atoms with Crippen molar-refractivity contribution in [3.05, 3.63) is 23.9 Å². The lowest BCUT2D eigenvalue weighted by molar-refractivity contribution is 0.221. The molecule has 5 nitrogen and oxygen atoms in total. The van der Waals surface area contributed by atoms with Crippen molar-refractivity contribution in [3.63, 3.8) is 0 Å². The van der Waals surface area contributed by atoms with E-state index in [0.29, 0.717) is 0 Å². The summed E-state index contributed by atoms with van der Waals surface area (Å²) in [6.45, 7) is 2.79. The second kappa shape index (κ2) is 4.49. The number of nitrogens with one attached hydrogen (secondary N) is 1. The average Bonchev–Trinajstić information content (AvgIpc) is 2.74. The molecule has 19 heavy (non-hydrogen) atoms. The number of pyridine rings is 1. The van der Waals surface area contributed by atoms with Gasteiger partial charge in [0.15, 0.2) is 0 Å². The van der Waals surface area contributed by atoms with Crippen molar-refractivity contribution >= 4 is 11.8 Å². The number of urea groups is 1. The van der Waals surface area contributed by atoms with Crippen LogP contribution in [0.4, 0.5) is 10.6 Å². The number of fused-ring (bicyclic) bond motifs is 2. The minimum Gasteiger partial charge on any atom is -0.330 e. The minimum atomic E-state index is 0.0235. The Balaban J connectivity index is 2.02. The molecule has 1 aromatic rings. The number of amides is 2. The van der Waals surface area contributed by atoms with Crippen LogP contribution >= 0.6 is 0 Å². The van der Waals surface area contributed by atoms with Crippen LogP contribution in [-0.2, 0) is 5.41 Å². The topological polar surface area (TPSA) is 48.5 Å². The van der Waals surface area contributed by atoms with Gasteiger partial charge in [0, 0.05) is 37.8 Å². The van der Waals surface area contributed by atoms with Gasteiger partial charge < -0.3 is 10.2 Å². The lowest BCUT2D eigenvalue weighted by Gasteiger charge is -2.34. The normalized spacial score (nSPS) is 20.4. The molecular formula is C14H20N4O. The molecule has 0 aliphatic carbocycles. The van der Waals surface area contributed by atoms with Crippen LogP contribution in [0.2, 0.25) is 0 Å². The SMILES string of the molecule is CN(C)C(=O)N1CC2(CCNCC2)c2cccnc21. The Kier molecular flexibility index (Phi) is 2.93. The summed E-state index contributed by atoms with van der Waals surface area (Å²) in [5, 5.41) is 3.40. The zero-order chi connectivity index (χ0) is 13.5. The zero-order valence-corrected chi connectivity index (χ0v) is 11.5. The summed E-state index contributed by atoms with van der Waals surface area (Å²) >= 11 is 0. The molecule has 0 saturated carbocycles. The predicted molar refractivity (Wildman–Crippen MR) is 74.4 cm³/mol. The van der Waals surface area contributed by atoms with Crippen LogP contribution in [0.1, 0.15) is 18.4 Å². The highest BCUT2D eigenvalue weighted by molar-refractivity contribution is 5.93. The van der Waals surface area contributed by atoms with E-state index in [4.69, 9.17) is 0 Å². The minimum absolute atomic E-state index is 0.0235. The van der Waals surface area contributed by atoms with Gasteiger partial charge in [-0.25, -0.2) is 9.78 Å². The van der Waals surface area contributed by atoms with Gasteiger partial charge in [-0.05, 0) is 32.0 Å². The quantitative estimate of drug-likeness (QED) is 0.762. The van der Waals surface area contributed by atoms with E-state index in [0.717, 1.165) is 38.3 Å². The summed E-state index contributed by atoms with van der Waals surface area (Å²) in [6, 6.07) is 4.14. The molecule has 0 unspecified atom stereocenters. The van der Waals surface area contributed by atoms with Crippen LogP contribution in [0, 0.1) is 0 Å². The number of carbonyl (C=O) groups is 1. The molecule has 1 spiro atoms. The summed E-state index contributed by atoms with van der Waals surface area (Å²) in [5.41, 5.74) is 1.34. The lowest BCUT2D eigenvalue weighted by Crippen LogP contribution is -2.46. The maximum atomic E-state index is 12.3. The molecule has 0 radical (unpaired) electrons. The number of hydrogen-bond donors (Lipinski definition) is 1. The molecule has 2 amide bonds. The van der Waals surface area contributed by atoms with Crippen molar-refractivity contribution in [3.8, 4) is 0 Å². The summed E-state index contributed by atoms with van der Waals surface area (Å²) in [5.74, 6) is 0.850. The molecule has 5 heteroatoms. The van der Waals surface area contributed by atoms with Gasteiger partial charge in [-0.3, -0.25) is 4.90 Å². The predicted octanol–water partition coefficient (Wildman–Crippen LogP) is 1.20. The van der Waals surface area contributed by atoms with Crippen LogP contribution in [-0.4, -0.2) is 49.6 Å². The van der Waals surface area contributed by atoms with Crippen molar-refractivity contribution in [2.24, 2.45) is 0 Å². The van der Waals surface area contributed by atoms with Gasteiger partial charge in [0.05, 0.1) is 0 Å². The van der Waals surface area contributed by atoms with Gasteiger partial charge in [0.1, 0.15) is 5.82 Å². The molecule has 1 fully saturated rings. The molecule has 2 aliphatic rings. The van der Waals surface area contributed by atoms with Crippen LogP contribution in [0.3, 0.4) is 0 Å². The number of rotatable bonds is 0. The highest BCUT2D eigenvalue weighted by Gasteiger charge is 2.46. The summed E-state index contributed by atoms with van der Waals surface area (Å²) in [4.78, 5) is 20.2. The maximum Gasteiger partial charge on any atom is 0.325 e. The molecule has 2 aliphatic heterocycles. The molecule has 102 valence electrons. The molecule has 1 N–H and O–H groups in total. The molecule has 1 aromatic heterocycles. The Morgan fingerprint density at radius 2 is 2.16 bits per heavy atom. The number of anilines is 1. The van der Waals surface area contributed by atoms with E-state index in [-0.39, 0.29) is 11.4 Å². The Hall–Kier alpha value is -1.62. The number of hydrogen-bond acceptors (Lipinski definition) is 3. The van der Waals surface area contributed by atoms with Gasteiger partial charge in [-0.2, -0.15) is 0 Å². The van der Waals surface area contributed by atoms with E-state index in [1.165, 1.54) is 5.56 Å². The van der Waals surface area contributed by atoms with Crippen molar-refractivity contribution in [1.29, 1.82) is 0 Å². The second-order valence-corrected chi connectivity index (χ2v) is 5.67. The first-order valence-corrected chi connectivity index (χ1v) is 6.79. The lowest BCUT2D eigenvalue weighted by atomic mass is 9.75. The average molecular weight is 260 g/mol. The van der Waals surface area contributed by atoms with Crippen LogP contribution in [0.15, 0.2) is 18.3 Å². The standard InChI is InChI=1S/C14H20N4O/c1-17(2)13(19)18-10-14(5-8-15-9-6-14)11-4-3-7-16-12(11)18/h3-4,7,15H,5-6,8-10H2,1-2H3. The van der Waals surface area contributed by atoms with Crippen LogP contribution in [0.25, 0.3) is 0 Å². The second-order valence-electron chi connectivity index (χ2n) is 5.67. The van der Waals surface area contributed by atoms with Gasteiger partial charge in [0.2, 0.25) is 0 Å². The molecular weight excluding hydrogens is 240 g/mol. The van der Waals surface area contributed by atoms with E-state index in [1.807, 2.05) is 11.0 Å². The Morgan fingerprint density at radius 3 is 2.84 bits per heavy atom. The van der Waals surface area contributed by atoms with E-state index in [9.17, 15) is 4.79 Å².